The Morgan fingerprint density at radius 1 is 1.28 bits per heavy atom. The predicted molar refractivity (Wildman–Crippen MR) is 102 cm³/mol. The van der Waals surface area contributed by atoms with E-state index in [-0.39, 0.29) is 17.3 Å². The summed E-state index contributed by atoms with van der Waals surface area (Å²) in [6.07, 6.45) is 2.66. The van der Waals surface area contributed by atoms with Crippen LogP contribution in [0.25, 0.3) is 0 Å². The van der Waals surface area contributed by atoms with Crippen molar-refractivity contribution in [1.82, 2.24) is 10.2 Å². The van der Waals surface area contributed by atoms with E-state index < -0.39 is 0 Å². The molecule has 1 saturated heterocycles. The third kappa shape index (κ3) is 5.76. The minimum Gasteiger partial charge on any atom is -0.469 e. The van der Waals surface area contributed by atoms with E-state index in [1.54, 1.807) is 0 Å². The summed E-state index contributed by atoms with van der Waals surface area (Å²) in [5.41, 5.74) is 1.48. The van der Waals surface area contributed by atoms with Crippen molar-refractivity contribution >= 4 is 11.9 Å². The normalized spacial score (nSPS) is 16.6. The van der Waals surface area contributed by atoms with Gasteiger partial charge in [-0.05, 0) is 30.2 Å². The van der Waals surface area contributed by atoms with E-state index in [0.717, 1.165) is 44.9 Å². The molecule has 1 fully saturated rings. The van der Waals surface area contributed by atoms with Crippen molar-refractivity contribution in [2.75, 3.05) is 33.8 Å². The molecule has 5 nitrogen and oxygen atoms in total. The lowest BCUT2D eigenvalue weighted by Crippen LogP contribution is -2.48. The molecule has 25 heavy (non-hydrogen) atoms. The zero-order valence-corrected chi connectivity index (χ0v) is 15.9. The van der Waals surface area contributed by atoms with Gasteiger partial charge in [0, 0.05) is 26.7 Å². The number of nitrogens with zero attached hydrogens (tertiary/aromatic N) is 2. The number of ether oxygens (including phenoxy) is 1. The maximum Gasteiger partial charge on any atom is 0.308 e. The van der Waals surface area contributed by atoms with E-state index in [0.29, 0.717) is 0 Å². The fourth-order valence-corrected chi connectivity index (χ4v) is 3.36. The van der Waals surface area contributed by atoms with Crippen molar-refractivity contribution in [3.8, 4) is 0 Å². The Kier molecular flexibility index (Phi) is 6.85. The first-order chi connectivity index (χ1) is 11.9. The summed E-state index contributed by atoms with van der Waals surface area (Å²) in [6.45, 7) is 7.05. The van der Waals surface area contributed by atoms with Gasteiger partial charge in [0.05, 0.1) is 13.0 Å². The van der Waals surface area contributed by atoms with Gasteiger partial charge in [-0.1, -0.05) is 44.2 Å². The third-order valence-electron chi connectivity index (χ3n) is 4.79. The van der Waals surface area contributed by atoms with E-state index in [2.05, 4.69) is 59.4 Å². The molecule has 0 radical (unpaired) electrons. The molecule has 0 saturated carbocycles. The van der Waals surface area contributed by atoms with E-state index in [4.69, 9.17) is 4.74 Å². The quantitative estimate of drug-likeness (QED) is 0.506. The second-order valence-electron chi connectivity index (χ2n) is 7.51. The third-order valence-corrected chi connectivity index (χ3v) is 4.79. The lowest BCUT2D eigenvalue weighted by Gasteiger charge is -2.35. The molecule has 1 aliphatic rings. The van der Waals surface area contributed by atoms with Gasteiger partial charge < -0.3 is 15.0 Å². The Labute approximate surface area is 151 Å². The number of benzene rings is 1. The van der Waals surface area contributed by atoms with Crippen LogP contribution in [0.5, 0.6) is 0 Å². The molecular formula is C20H31N3O2. The fraction of sp³-hybridized carbons (Fsp3) is 0.600. The van der Waals surface area contributed by atoms with Crippen molar-refractivity contribution in [3.05, 3.63) is 35.9 Å². The van der Waals surface area contributed by atoms with Crippen LogP contribution in [0.15, 0.2) is 35.3 Å². The largest absolute Gasteiger partial charge is 0.469 e. The molecule has 0 aromatic heterocycles. The van der Waals surface area contributed by atoms with E-state index >= 15 is 0 Å². The van der Waals surface area contributed by atoms with Crippen LogP contribution in [0.3, 0.4) is 0 Å². The van der Waals surface area contributed by atoms with Gasteiger partial charge in [0.1, 0.15) is 0 Å². The summed E-state index contributed by atoms with van der Waals surface area (Å²) in [7, 11) is 3.28. The van der Waals surface area contributed by atoms with Crippen molar-refractivity contribution in [1.29, 1.82) is 0 Å². The van der Waals surface area contributed by atoms with Gasteiger partial charge in [-0.25, -0.2) is 0 Å². The maximum atomic E-state index is 11.7. The number of nitrogens with one attached hydrogen (secondary N) is 1. The second-order valence-corrected chi connectivity index (χ2v) is 7.51. The number of carbonyl (C=O) groups excluding carboxylic acids is 1. The Morgan fingerprint density at radius 3 is 2.48 bits per heavy atom. The van der Waals surface area contributed by atoms with Crippen LogP contribution in [0.2, 0.25) is 0 Å². The number of rotatable bonds is 5. The first kappa shape index (κ1) is 19.3. The second kappa shape index (κ2) is 8.88. The van der Waals surface area contributed by atoms with Gasteiger partial charge >= 0.3 is 5.97 Å². The highest BCUT2D eigenvalue weighted by molar-refractivity contribution is 5.80. The molecule has 1 N–H and O–H groups in total. The summed E-state index contributed by atoms with van der Waals surface area (Å²) in [6, 6.07) is 10.6. The molecule has 0 aliphatic carbocycles. The number of carbonyl (C=O) groups is 1. The molecule has 138 valence electrons. The fourth-order valence-electron chi connectivity index (χ4n) is 3.36. The van der Waals surface area contributed by atoms with Crippen LogP contribution in [-0.2, 0) is 16.0 Å². The minimum absolute atomic E-state index is 0.0221. The van der Waals surface area contributed by atoms with Crippen LogP contribution < -0.4 is 5.32 Å². The highest BCUT2D eigenvalue weighted by Gasteiger charge is 2.27. The molecule has 0 bridgehead atoms. The molecule has 1 aliphatic heterocycles. The van der Waals surface area contributed by atoms with Crippen LogP contribution >= 0.6 is 0 Å². The highest BCUT2D eigenvalue weighted by atomic mass is 16.5. The lowest BCUT2D eigenvalue weighted by molar-refractivity contribution is -0.146. The minimum atomic E-state index is -0.0911. The number of aliphatic imine (C=N–C) groups is 1. The number of esters is 1. The molecule has 1 aromatic carbocycles. The predicted octanol–water partition coefficient (Wildman–Crippen LogP) is 2.72. The topological polar surface area (TPSA) is 53.9 Å². The zero-order chi connectivity index (χ0) is 18.3. The maximum absolute atomic E-state index is 11.7. The Bertz CT molecular complexity index is 576. The van der Waals surface area contributed by atoms with E-state index in [1.807, 2.05) is 7.05 Å². The molecule has 1 heterocycles. The van der Waals surface area contributed by atoms with Gasteiger partial charge in [-0.15, -0.1) is 0 Å². The van der Waals surface area contributed by atoms with Crippen molar-refractivity contribution in [3.63, 3.8) is 0 Å². The Hall–Kier alpha value is -2.04. The molecule has 1 aromatic rings. The van der Waals surface area contributed by atoms with Gasteiger partial charge in [-0.3, -0.25) is 9.79 Å². The summed E-state index contributed by atoms with van der Waals surface area (Å²) in [5.74, 6) is 0.852. The lowest BCUT2D eigenvalue weighted by atomic mass is 9.86. The summed E-state index contributed by atoms with van der Waals surface area (Å²) in [4.78, 5) is 18.3. The smallest absolute Gasteiger partial charge is 0.308 e. The molecule has 0 amide bonds. The van der Waals surface area contributed by atoms with E-state index in [9.17, 15) is 4.79 Å². The number of methoxy groups -OCH3 is 1. The summed E-state index contributed by atoms with van der Waals surface area (Å²) in [5, 5.41) is 3.52. The number of hydrogen-bond donors (Lipinski definition) is 1. The van der Waals surface area contributed by atoms with Crippen LogP contribution in [0.4, 0.5) is 0 Å². The molecule has 5 heteroatoms. The number of hydrogen-bond acceptors (Lipinski definition) is 3. The van der Waals surface area contributed by atoms with Crippen LogP contribution in [0, 0.1) is 11.3 Å². The summed E-state index contributed by atoms with van der Waals surface area (Å²) < 4.78 is 4.86. The van der Waals surface area contributed by atoms with Crippen molar-refractivity contribution in [2.45, 2.75) is 33.1 Å². The SMILES string of the molecule is CN=C(NCC(C)(C)Cc1ccccc1)N1CCC(C(=O)OC)CC1. The number of likely N-dealkylation sites (tertiary alicyclic amines) is 1. The van der Waals surface area contributed by atoms with Gasteiger partial charge in [0.25, 0.3) is 0 Å². The average Bonchev–Trinajstić information content (AvgIpc) is 2.62. The first-order valence-corrected chi connectivity index (χ1v) is 9.02. The van der Waals surface area contributed by atoms with Crippen molar-refractivity contribution < 1.29 is 9.53 Å². The Balaban J connectivity index is 1.85. The van der Waals surface area contributed by atoms with E-state index in [1.165, 1.54) is 12.7 Å². The molecular weight excluding hydrogens is 314 g/mol. The number of piperidine rings is 1. The zero-order valence-electron chi connectivity index (χ0n) is 15.9. The van der Waals surface area contributed by atoms with Gasteiger partial charge in [0.2, 0.25) is 0 Å². The Morgan fingerprint density at radius 2 is 1.92 bits per heavy atom. The molecule has 0 spiro atoms. The average molecular weight is 345 g/mol. The number of guanidine groups is 1. The monoisotopic (exact) mass is 345 g/mol. The first-order valence-electron chi connectivity index (χ1n) is 9.02. The van der Waals surface area contributed by atoms with Crippen molar-refractivity contribution in [2.24, 2.45) is 16.3 Å². The van der Waals surface area contributed by atoms with Crippen LogP contribution in [-0.4, -0.2) is 50.6 Å². The van der Waals surface area contributed by atoms with Gasteiger partial charge in [0.15, 0.2) is 5.96 Å². The molecule has 2 rings (SSSR count). The van der Waals surface area contributed by atoms with Gasteiger partial charge in [-0.2, -0.15) is 0 Å². The standard InChI is InChI=1S/C20H31N3O2/c1-20(2,14-16-8-6-5-7-9-16)15-22-19(21-3)23-12-10-17(11-13-23)18(24)25-4/h5-9,17H,10-15H2,1-4H3,(H,21,22). The molecule has 0 unspecified atom stereocenters. The van der Waals surface area contributed by atoms with Crippen LogP contribution in [0.1, 0.15) is 32.3 Å². The highest BCUT2D eigenvalue weighted by Crippen LogP contribution is 2.22. The summed E-state index contributed by atoms with van der Waals surface area (Å²) >= 11 is 0. The molecule has 0 atom stereocenters.